The molecule has 0 saturated heterocycles. The van der Waals surface area contributed by atoms with Crippen LogP contribution in [0.15, 0.2) is 35.5 Å². The molecule has 1 heterocycles. The van der Waals surface area contributed by atoms with Gasteiger partial charge in [-0.05, 0) is 31.6 Å². The number of ether oxygens (including phenoxy) is 2. The quantitative estimate of drug-likeness (QED) is 0.448. The smallest absolute Gasteiger partial charge is 0.338 e. The molecule has 0 aliphatic carbocycles. The Morgan fingerprint density at radius 2 is 2.04 bits per heavy atom. The Labute approximate surface area is 148 Å². The van der Waals surface area contributed by atoms with E-state index in [0.717, 1.165) is 24.8 Å². The van der Waals surface area contributed by atoms with Crippen molar-refractivity contribution >= 4 is 23.3 Å². The van der Waals surface area contributed by atoms with Gasteiger partial charge in [0.15, 0.2) is 5.11 Å². The normalized spacial score (nSPS) is 17.1. The number of carbonyl (C=O) groups is 1. The molecule has 1 aromatic rings. The largest absolute Gasteiger partial charge is 0.496 e. The van der Waals surface area contributed by atoms with Gasteiger partial charge in [0, 0.05) is 11.3 Å². The summed E-state index contributed by atoms with van der Waals surface area (Å²) >= 11 is 5.25. The lowest BCUT2D eigenvalue weighted by Crippen LogP contribution is -2.45. The van der Waals surface area contributed by atoms with Crippen LogP contribution in [-0.4, -0.2) is 24.8 Å². The summed E-state index contributed by atoms with van der Waals surface area (Å²) in [5, 5.41) is 6.64. The van der Waals surface area contributed by atoms with E-state index >= 15 is 0 Å². The highest BCUT2D eigenvalue weighted by molar-refractivity contribution is 7.80. The molecule has 130 valence electrons. The fraction of sp³-hybridized carbons (Fsp3) is 0.444. The van der Waals surface area contributed by atoms with Gasteiger partial charge in [0.05, 0.1) is 25.3 Å². The topological polar surface area (TPSA) is 59.6 Å². The minimum atomic E-state index is -0.395. The Kier molecular flexibility index (Phi) is 6.61. The van der Waals surface area contributed by atoms with Crippen molar-refractivity contribution in [2.24, 2.45) is 0 Å². The zero-order chi connectivity index (χ0) is 17.5. The average molecular weight is 348 g/mol. The Morgan fingerprint density at radius 3 is 2.75 bits per heavy atom. The van der Waals surface area contributed by atoms with E-state index in [4.69, 9.17) is 21.7 Å². The molecule has 5 nitrogen and oxygen atoms in total. The van der Waals surface area contributed by atoms with E-state index < -0.39 is 6.04 Å². The lowest BCUT2D eigenvalue weighted by molar-refractivity contribution is -0.139. The number of methoxy groups -OCH3 is 1. The summed E-state index contributed by atoms with van der Waals surface area (Å²) < 4.78 is 10.9. The third kappa shape index (κ3) is 4.26. The summed E-state index contributed by atoms with van der Waals surface area (Å²) in [5.74, 6) is 0.366. The molecule has 0 spiro atoms. The van der Waals surface area contributed by atoms with E-state index in [9.17, 15) is 4.79 Å². The monoisotopic (exact) mass is 348 g/mol. The van der Waals surface area contributed by atoms with Gasteiger partial charge in [0.25, 0.3) is 0 Å². The van der Waals surface area contributed by atoms with Gasteiger partial charge in [-0.15, -0.1) is 0 Å². The number of unbranched alkanes of at least 4 members (excludes halogenated alkanes) is 2. The van der Waals surface area contributed by atoms with Crippen LogP contribution in [0.2, 0.25) is 0 Å². The maximum absolute atomic E-state index is 12.6. The molecule has 0 bridgehead atoms. The van der Waals surface area contributed by atoms with Crippen LogP contribution in [0.3, 0.4) is 0 Å². The number of allylic oxidation sites excluding steroid dienone is 1. The van der Waals surface area contributed by atoms with E-state index in [-0.39, 0.29) is 5.97 Å². The second-order valence-electron chi connectivity index (χ2n) is 5.66. The van der Waals surface area contributed by atoms with Gasteiger partial charge in [-0.3, -0.25) is 0 Å². The first-order chi connectivity index (χ1) is 11.6. The van der Waals surface area contributed by atoms with E-state index in [0.29, 0.717) is 28.7 Å². The number of carbonyl (C=O) groups excluding carboxylic acids is 1. The van der Waals surface area contributed by atoms with Crippen molar-refractivity contribution in [1.29, 1.82) is 0 Å². The van der Waals surface area contributed by atoms with E-state index in [1.165, 1.54) is 0 Å². The average Bonchev–Trinajstić information content (AvgIpc) is 2.57. The molecule has 2 N–H and O–H groups in total. The SMILES string of the molecule is CCCCCOC(=O)C1=C(C)NC(=S)N[C@@H]1c1ccccc1OC. The first kappa shape index (κ1) is 18.3. The van der Waals surface area contributed by atoms with Crippen LogP contribution in [0, 0.1) is 0 Å². The van der Waals surface area contributed by atoms with Crippen LogP contribution >= 0.6 is 12.2 Å². The second-order valence-corrected chi connectivity index (χ2v) is 6.06. The molecule has 0 aromatic heterocycles. The summed E-state index contributed by atoms with van der Waals surface area (Å²) in [4.78, 5) is 12.6. The number of benzene rings is 1. The second kappa shape index (κ2) is 8.68. The fourth-order valence-corrected chi connectivity index (χ4v) is 2.97. The van der Waals surface area contributed by atoms with Gasteiger partial charge in [-0.1, -0.05) is 38.0 Å². The van der Waals surface area contributed by atoms with Crippen LogP contribution in [0.1, 0.15) is 44.7 Å². The molecular formula is C18H24N2O3S. The number of hydrogen-bond acceptors (Lipinski definition) is 4. The molecule has 1 aromatic carbocycles. The molecule has 0 radical (unpaired) electrons. The molecule has 1 aliphatic heterocycles. The van der Waals surface area contributed by atoms with Crippen LogP contribution in [0.25, 0.3) is 0 Å². The molecule has 0 saturated carbocycles. The number of para-hydroxylation sites is 1. The molecule has 0 unspecified atom stereocenters. The molecule has 0 amide bonds. The van der Waals surface area contributed by atoms with Gasteiger partial charge in [-0.2, -0.15) is 0 Å². The predicted molar refractivity (Wildman–Crippen MR) is 97.8 cm³/mol. The molecule has 1 aliphatic rings. The fourth-order valence-electron chi connectivity index (χ4n) is 2.70. The van der Waals surface area contributed by atoms with E-state index in [2.05, 4.69) is 17.6 Å². The molecule has 24 heavy (non-hydrogen) atoms. The third-order valence-corrected chi connectivity index (χ3v) is 4.14. The number of hydrogen-bond donors (Lipinski definition) is 2. The van der Waals surface area contributed by atoms with Crippen molar-refractivity contribution in [2.45, 2.75) is 39.2 Å². The highest BCUT2D eigenvalue weighted by Crippen LogP contribution is 2.33. The van der Waals surface area contributed by atoms with Crippen LogP contribution in [-0.2, 0) is 9.53 Å². The minimum absolute atomic E-state index is 0.331. The Hall–Kier alpha value is -2.08. The Bertz CT molecular complexity index is 643. The summed E-state index contributed by atoms with van der Waals surface area (Å²) in [6.45, 7) is 4.37. The van der Waals surface area contributed by atoms with Crippen LogP contribution in [0.5, 0.6) is 5.75 Å². The summed E-state index contributed by atoms with van der Waals surface area (Å²) in [6.07, 6.45) is 3.00. The highest BCUT2D eigenvalue weighted by Gasteiger charge is 2.32. The summed E-state index contributed by atoms with van der Waals surface area (Å²) in [7, 11) is 1.61. The van der Waals surface area contributed by atoms with Gasteiger partial charge in [-0.25, -0.2) is 4.79 Å². The highest BCUT2D eigenvalue weighted by atomic mass is 32.1. The van der Waals surface area contributed by atoms with Crippen molar-refractivity contribution < 1.29 is 14.3 Å². The molecule has 2 rings (SSSR count). The first-order valence-electron chi connectivity index (χ1n) is 8.16. The Morgan fingerprint density at radius 1 is 1.29 bits per heavy atom. The third-order valence-electron chi connectivity index (χ3n) is 3.92. The van der Waals surface area contributed by atoms with Gasteiger partial charge in [0.1, 0.15) is 5.75 Å². The summed E-state index contributed by atoms with van der Waals surface area (Å²) in [6, 6.07) is 7.18. The van der Waals surface area contributed by atoms with Crippen molar-refractivity contribution in [2.75, 3.05) is 13.7 Å². The standard InChI is InChI=1S/C18H24N2O3S/c1-4-5-8-11-23-17(21)15-12(2)19-18(24)20-16(15)13-9-6-7-10-14(13)22-3/h6-7,9-10,16H,4-5,8,11H2,1-3H3,(H2,19,20,24)/t16-/m1/s1. The first-order valence-corrected chi connectivity index (χ1v) is 8.57. The summed E-state index contributed by atoms with van der Waals surface area (Å²) in [5.41, 5.74) is 2.09. The Balaban J connectivity index is 2.28. The van der Waals surface area contributed by atoms with Gasteiger partial charge in [0.2, 0.25) is 0 Å². The zero-order valence-corrected chi connectivity index (χ0v) is 15.2. The minimum Gasteiger partial charge on any atom is -0.496 e. The van der Waals surface area contributed by atoms with E-state index in [1.54, 1.807) is 7.11 Å². The maximum atomic E-state index is 12.6. The number of esters is 1. The van der Waals surface area contributed by atoms with Crippen molar-refractivity contribution in [1.82, 2.24) is 10.6 Å². The van der Waals surface area contributed by atoms with Crippen LogP contribution < -0.4 is 15.4 Å². The lowest BCUT2D eigenvalue weighted by Gasteiger charge is -2.30. The molecule has 0 fully saturated rings. The van der Waals surface area contributed by atoms with Crippen molar-refractivity contribution in [3.05, 3.63) is 41.1 Å². The number of rotatable bonds is 7. The number of nitrogens with one attached hydrogen (secondary N) is 2. The molecular weight excluding hydrogens is 324 g/mol. The number of thiocarbonyl (C=S) groups is 1. The molecule has 1 atom stereocenters. The molecule has 6 heteroatoms. The lowest BCUT2D eigenvalue weighted by atomic mass is 9.95. The predicted octanol–water partition coefficient (Wildman–Crippen LogP) is 3.22. The van der Waals surface area contributed by atoms with Gasteiger partial charge >= 0.3 is 5.97 Å². The van der Waals surface area contributed by atoms with Crippen molar-refractivity contribution in [3.8, 4) is 5.75 Å². The van der Waals surface area contributed by atoms with Gasteiger partial charge < -0.3 is 20.1 Å². The van der Waals surface area contributed by atoms with Crippen LogP contribution in [0.4, 0.5) is 0 Å². The van der Waals surface area contributed by atoms with E-state index in [1.807, 2.05) is 31.2 Å². The maximum Gasteiger partial charge on any atom is 0.338 e. The zero-order valence-electron chi connectivity index (χ0n) is 14.3. The van der Waals surface area contributed by atoms with Crippen molar-refractivity contribution in [3.63, 3.8) is 0 Å².